The van der Waals surface area contributed by atoms with Crippen molar-refractivity contribution in [2.24, 2.45) is 22.8 Å². The van der Waals surface area contributed by atoms with Crippen LogP contribution in [0, 0.1) is 11.3 Å². The van der Waals surface area contributed by atoms with Gasteiger partial charge in [0.1, 0.15) is 0 Å². The van der Waals surface area contributed by atoms with E-state index in [2.05, 4.69) is 19.2 Å². The molecule has 0 saturated carbocycles. The van der Waals surface area contributed by atoms with Crippen molar-refractivity contribution in [3.63, 3.8) is 0 Å². The minimum Gasteiger partial charge on any atom is -0.391 e. The Hall–Kier alpha value is -2.49. The van der Waals surface area contributed by atoms with Gasteiger partial charge in [-0.3, -0.25) is 14.4 Å². The van der Waals surface area contributed by atoms with Crippen molar-refractivity contribution in [2.75, 3.05) is 19.6 Å². The highest BCUT2D eigenvalue weighted by atomic mass is 32.1. The maximum Gasteiger partial charge on any atom is 0.249 e. The van der Waals surface area contributed by atoms with Gasteiger partial charge in [0, 0.05) is 41.7 Å². The van der Waals surface area contributed by atoms with E-state index in [-0.39, 0.29) is 30.2 Å². The highest BCUT2D eigenvalue weighted by Crippen LogP contribution is 2.40. The topological polar surface area (TPSA) is 139 Å². The zero-order chi connectivity index (χ0) is 27.6. The molecule has 0 fully saturated rings. The summed E-state index contributed by atoms with van der Waals surface area (Å²) in [7, 11) is 0. The lowest BCUT2D eigenvalue weighted by molar-refractivity contribution is -0.131. The van der Waals surface area contributed by atoms with Gasteiger partial charge in [-0.1, -0.05) is 39.8 Å². The van der Waals surface area contributed by atoms with E-state index in [4.69, 9.17) is 11.5 Å². The van der Waals surface area contributed by atoms with Crippen molar-refractivity contribution in [1.29, 1.82) is 0 Å². The Morgan fingerprint density at radius 2 is 1.89 bits per heavy atom. The molecule has 8 nitrogen and oxygen atoms in total. The van der Waals surface area contributed by atoms with E-state index in [0.717, 1.165) is 24.1 Å². The van der Waals surface area contributed by atoms with Crippen LogP contribution >= 0.6 is 11.3 Å². The van der Waals surface area contributed by atoms with Gasteiger partial charge < -0.3 is 26.8 Å². The molecule has 0 aliphatic heterocycles. The highest BCUT2D eigenvalue weighted by molar-refractivity contribution is 7.09. The Kier molecular flexibility index (Phi) is 12.0. The number of nitrogens with zero attached hydrogens (tertiary/aromatic N) is 1. The van der Waals surface area contributed by atoms with Crippen LogP contribution < -0.4 is 16.8 Å². The third-order valence-electron chi connectivity index (χ3n) is 6.64. The van der Waals surface area contributed by atoms with Crippen LogP contribution in [0.25, 0.3) is 0 Å². The molecule has 206 valence electrons. The second-order valence-corrected chi connectivity index (χ2v) is 11.4. The molecule has 1 aliphatic carbocycles. The molecule has 1 aromatic rings. The van der Waals surface area contributed by atoms with Crippen molar-refractivity contribution in [2.45, 2.75) is 78.4 Å². The third kappa shape index (κ3) is 8.79. The van der Waals surface area contributed by atoms with Crippen molar-refractivity contribution < 1.29 is 19.5 Å². The minimum absolute atomic E-state index is 0.0317. The maximum absolute atomic E-state index is 13.7. The van der Waals surface area contributed by atoms with Crippen LogP contribution in [0.3, 0.4) is 0 Å². The fraction of sp³-hybridized carbons (Fsp3) is 0.607. The van der Waals surface area contributed by atoms with Crippen LogP contribution in [0.1, 0.15) is 64.7 Å². The first-order valence-electron chi connectivity index (χ1n) is 13.3. The number of carbonyl (C=O) groups is 3. The van der Waals surface area contributed by atoms with Gasteiger partial charge >= 0.3 is 0 Å². The predicted molar refractivity (Wildman–Crippen MR) is 149 cm³/mol. The van der Waals surface area contributed by atoms with E-state index in [9.17, 15) is 19.5 Å². The zero-order valence-corrected chi connectivity index (χ0v) is 23.5. The second-order valence-electron chi connectivity index (χ2n) is 10.4. The molecule has 1 aromatic heterocycles. The number of hydrogen-bond donors (Lipinski definition) is 4. The molecule has 3 amide bonds. The zero-order valence-electron chi connectivity index (χ0n) is 22.7. The van der Waals surface area contributed by atoms with Gasteiger partial charge in [-0.15, -0.1) is 11.3 Å². The van der Waals surface area contributed by atoms with Crippen LogP contribution in [0.15, 0.2) is 40.8 Å². The monoisotopic (exact) mass is 532 g/mol. The number of primary amides is 1. The van der Waals surface area contributed by atoms with Crippen molar-refractivity contribution in [3.8, 4) is 0 Å². The van der Waals surface area contributed by atoms with Crippen LogP contribution in [0.5, 0.6) is 0 Å². The number of rotatable bonds is 15. The van der Waals surface area contributed by atoms with Crippen molar-refractivity contribution in [3.05, 3.63) is 45.7 Å². The fourth-order valence-electron chi connectivity index (χ4n) is 4.65. The van der Waals surface area contributed by atoms with E-state index in [1.54, 1.807) is 16.2 Å². The largest absolute Gasteiger partial charge is 0.391 e. The summed E-state index contributed by atoms with van der Waals surface area (Å²) in [6, 6.07) is 3.26. The van der Waals surface area contributed by atoms with Crippen LogP contribution in [-0.2, 0) is 20.8 Å². The van der Waals surface area contributed by atoms with Crippen molar-refractivity contribution >= 4 is 29.1 Å². The molecular weight excluding hydrogens is 488 g/mol. The molecule has 3 atom stereocenters. The first-order chi connectivity index (χ1) is 17.5. The second kappa shape index (κ2) is 14.4. The van der Waals surface area contributed by atoms with Gasteiger partial charge in [-0.25, -0.2) is 0 Å². The molecule has 1 heterocycles. The first-order valence-corrected chi connectivity index (χ1v) is 14.2. The molecular formula is C28H44N4O4S. The minimum atomic E-state index is -1.34. The Morgan fingerprint density at radius 3 is 2.43 bits per heavy atom. The van der Waals surface area contributed by atoms with Gasteiger partial charge in [0.05, 0.1) is 11.5 Å². The normalized spacial score (nSPS) is 19.1. The van der Waals surface area contributed by atoms with Gasteiger partial charge in [-0.2, -0.15) is 0 Å². The molecule has 1 aliphatic rings. The number of thiophene rings is 1. The fourth-order valence-corrected chi connectivity index (χ4v) is 5.43. The molecule has 0 radical (unpaired) electrons. The number of aliphatic hydroxyl groups excluding tert-OH is 1. The van der Waals surface area contributed by atoms with Gasteiger partial charge in [0.15, 0.2) is 0 Å². The molecule has 2 rings (SSSR count). The average Bonchev–Trinajstić information content (AvgIpc) is 3.35. The molecule has 1 unspecified atom stereocenters. The lowest BCUT2D eigenvalue weighted by atomic mass is 9.70. The lowest BCUT2D eigenvalue weighted by Crippen LogP contribution is -2.49. The Bertz CT molecular complexity index is 967. The van der Waals surface area contributed by atoms with Gasteiger partial charge in [-0.05, 0) is 62.0 Å². The number of nitrogens with two attached hydrogens (primary N) is 2. The summed E-state index contributed by atoms with van der Waals surface area (Å²) in [5.74, 6) is -0.894. The molecule has 37 heavy (non-hydrogen) atoms. The van der Waals surface area contributed by atoms with E-state index >= 15 is 0 Å². The summed E-state index contributed by atoms with van der Waals surface area (Å²) in [6.07, 6.45) is 4.82. The molecule has 0 bridgehead atoms. The standard InChI is InChI=1S/C28H44N4O4S/c1-5-11-32(12-6-2)26(35)21-14-20(25(30)34)16-28(17-21,27(36)31-10-9-19(3)4)18-24(33)23(29)15-22-8-7-13-37-22/h7-8,13-14,16,19,23-24,33H,5-6,9-12,15,17-18,29H2,1-4H3,(H2,30,34)(H,31,36)/t23-,24+,28?/m0/s1. The third-order valence-corrected chi connectivity index (χ3v) is 7.54. The van der Waals surface area contributed by atoms with Gasteiger partial charge in [0.25, 0.3) is 0 Å². The summed E-state index contributed by atoms with van der Waals surface area (Å²) in [5.41, 5.74) is 11.1. The number of aliphatic hydroxyl groups is 1. The van der Waals surface area contributed by atoms with E-state index in [1.807, 2.05) is 31.4 Å². The number of nitrogens with one attached hydrogen (secondary N) is 1. The summed E-state index contributed by atoms with van der Waals surface area (Å²) in [5, 5.41) is 16.1. The maximum atomic E-state index is 13.7. The summed E-state index contributed by atoms with van der Waals surface area (Å²) in [6.45, 7) is 9.71. The van der Waals surface area contributed by atoms with E-state index in [1.165, 1.54) is 12.2 Å². The van der Waals surface area contributed by atoms with Crippen molar-refractivity contribution in [1.82, 2.24) is 10.2 Å². The molecule has 0 aromatic carbocycles. The number of carbonyl (C=O) groups excluding carboxylic acids is 3. The number of amides is 3. The number of hydrogen-bond acceptors (Lipinski definition) is 6. The first kappa shape index (κ1) is 30.7. The SMILES string of the molecule is CCCN(CCC)C(=O)C1=CC(C(N)=O)=CC(C[C@@H](O)[C@@H](N)Cc2cccs2)(C(=O)NCCC(C)C)C1. The highest BCUT2D eigenvalue weighted by Gasteiger charge is 2.44. The van der Waals surface area contributed by atoms with E-state index in [0.29, 0.717) is 37.5 Å². The summed E-state index contributed by atoms with van der Waals surface area (Å²) >= 11 is 1.55. The summed E-state index contributed by atoms with van der Waals surface area (Å²) in [4.78, 5) is 42.4. The quantitative estimate of drug-likeness (QED) is 0.275. The Morgan fingerprint density at radius 1 is 1.22 bits per heavy atom. The van der Waals surface area contributed by atoms with Crippen LogP contribution in [-0.4, -0.2) is 59.5 Å². The molecule has 9 heteroatoms. The molecule has 0 saturated heterocycles. The predicted octanol–water partition coefficient (Wildman–Crippen LogP) is 2.91. The summed E-state index contributed by atoms with van der Waals surface area (Å²) < 4.78 is 0. The Balaban J connectivity index is 2.43. The average molecular weight is 533 g/mol. The molecule has 6 N–H and O–H groups in total. The van der Waals surface area contributed by atoms with Crippen LogP contribution in [0.2, 0.25) is 0 Å². The Labute approximate surface area is 225 Å². The molecule has 0 spiro atoms. The van der Waals surface area contributed by atoms with E-state index < -0.39 is 23.5 Å². The van der Waals surface area contributed by atoms with Crippen LogP contribution in [0.4, 0.5) is 0 Å². The lowest BCUT2D eigenvalue weighted by Gasteiger charge is -2.37. The smallest absolute Gasteiger partial charge is 0.249 e. The van der Waals surface area contributed by atoms with Gasteiger partial charge in [0.2, 0.25) is 17.7 Å².